The van der Waals surface area contributed by atoms with Crippen LogP contribution >= 0.6 is 0 Å². The minimum Gasteiger partial charge on any atom is -0.349 e. The number of rotatable bonds is 2. The van der Waals surface area contributed by atoms with Crippen LogP contribution in [0.1, 0.15) is 36.2 Å². The van der Waals surface area contributed by atoms with Crippen LogP contribution < -0.4 is 10.6 Å². The first-order chi connectivity index (χ1) is 9.56. The SMILES string of the molecule is CN(C)C(=O)c1ccc(N2C3CCC2CC(N)C3)nn1. The van der Waals surface area contributed by atoms with Gasteiger partial charge in [0.25, 0.3) is 5.91 Å². The predicted octanol–water partition coefficient (Wildman–Crippen LogP) is 0.637. The molecular weight excluding hydrogens is 254 g/mol. The molecule has 0 aromatic carbocycles. The zero-order valence-electron chi connectivity index (χ0n) is 12.0. The van der Waals surface area contributed by atoms with E-state index >= 15 is 0 Å². The Morgan fingerprint density at radius 3 is 2.40 bits per heavy atom. The minimum atomic E-state index is -0.118. The number of nitrogens with zero attached hydrogens (tertiary/aromatic N) is 4. The molecule has 2 saturated heterocycles. The highest BCUT2D eigenvalue weighted by molar-refractivity contribution is 5.91. The third-order valence-electron chi connectivity index (χ3n) is 4.31. The van der Waals surface area contributed by atoms with E-state index in [9.17, 15) is 4.79 Å². The summed E-state index contributed by atoms with van der Waals surface area (Å²) >= 11 is 0. The van der Waals surface area contributed by atoms with E-state index in [0.717, 1.165) is 18.7 Å². The lowest BCUT2D eigenvalue weighted by Gasteiger charge is -2.38. The average Bonchev–Trinajstić information content (AvgIpc) is 2.70. The Morgan fingerprint density at radius 2 is 1.90 bits per heavy atom. The molecule has 1 aromatic rings. The molecule has 2 N–H and O–H groups in total. The van der Waals surface area contributed by atoms with Crippen LogP contribution in [0.15, 0.2) is 12.1 Å². The molecule has 1 aromatic heterocycles. The molecule has 0 aliphatic carbocycles. The van der Waals surface area contributed by atoms with E-state index in [0.29, 0.717) is 23.8 Å². The highest BCUT2D eigenvalue weighted by atomic mass is 16.2. The van der Waals surface area contributed by atoms with Crippen molar-refractivity contribution >= 4 is 11.7 Å². The molecule has 0 saturated carbocycles. The summed E-state index contributed by atoms with van der Waals surface area (Å²) in [5.41, 5.74) is 6.47. The lowest BCUT2D eigenvalue weighted by molar-refractivity contribution is 0.0821. The number of hydrogen-bond donors (Lipinski definition) is 1. The van der Waals surface area contributed by atoms with Gasteiger partial charge < -0.3 is 15.5 Å². The lowest BCUT2D eigenvalue weighted by atomic mass is 9.98. The smallest absolute Gasteiger partial charge is 0.273 e. The zero-order chi connectivity index (χ0) is 14.3. The van der Waals surface area contributed by atoms with Gasteiger partial charge in [-0.15, -0.1) is 10.2 Å². The van der Waals surface area contributed by atoms with Gasteiger partial charge in [-0.25, -0.2) is 0 Å². The van der Waals surface area contributed by atoms with Crippen molar-refractivity contribution in [2.24, 2.45) is 5.73 Å². The van der Waals surface area contributed by atoms with Crippen LogP contribution in [0.3, 0.4) is 0 Å². The molecule has 6 heteroatoms. The van der Waals surface area contributed by atoms with Crippen molar-refractivity contribution in [1.29, 1.82) is 0 Å². The van der Waals surface area contributed by atoms with Crippen molar-refractivity contribution in [3.8, 4) is 0 Å². The second-order valence-electron chi connectivity index (χ2n) is 6.00. The van der Waals surface area contributed by atoms with E-state index in [-0.39, 0.29) is 5.91 Å². The van der Waals surface area contributed by atoms with Crippen molar-refractivity contribution in [3.63, 3.8) is 0 Å². The first kappa shape index (κ1) is 13.3. The molecule has 0 spiro atoms. The van der Waals surface area contributed by atoms with Crippen molar-refractivity contribution in [1.82, 2.24) is 15.1 Å². The highest BCUT2D eigenvalue weighted by Gasteiger charge is 2.40. The molecule has 2 aliphatic heterocycles. The number of carbonyl (C=O) groups is 1. The number of aromatic nitrogens is 2. The number of nitrogens with two attached hydrogens (primary N) is 1. The maximum atomic E-state index is 11.8. The third kappa shape index (κ3) is 2.24. The fraction of sp³-hybridized carbons (Fsp3) is 0.643. The molecule has 6 nitrogen and oxygen atoms in total. The van der Waals surface area contributed by atoms with Gasteiger partial charge in [0.15, 0.2) is 11.5 Å². The Morgan fingerprint density at radius 1 is 1.25 bits per heavy atom. The molecule has 2 bridgehead atoms. The molecule has 2 unspecified atom stereocenters. The fourth-order valence-electron chi connectivity index (χ4n) is 3.40. The summed E-state index contributed by atoms with van der Waals surface area (Å²) in [6.45, 7) is 0. The maximum absolute atomic E-state index is 11.8. The van der Waals surface area contributed by atoms with E-state index < -0.39 is 0 Å². The van der Waals surface area contributed by atoms with Gasteiger partial charge in [0, 0.05) is 32.2 Å². The second kappa shape index (κ2) is 5.01. The number of hydrogen-bond acceptors (Lipinski definition) is 5. The Kier molecular flexibility index (Phi) is 3.33. The third-order valence-corrected chi connectivity index (χ3v) is 4.31. The van der Waals surface area contributed by atoms with E-state index in [2.05, 4.69) is 15.1 Å². The van der Waals surface area contributed by atoms with Crippen molar-refractivity contribution < 1.29 is 4.79 Å². The summed E-state index contributed by atoms with van der Waals surface area (Å²) in [6.07, 6.45) is 4.41. The normalized spacial score (nSPS) is 28.6. The van der Waals surface area contributed by atoms with Gasteiger partial charge in [-0.1, -0.05) is 0 Å². The quantitative estimate of drug-likeness (QED) is 0.857. The van der Waals surface area contributed by atoms with Gasteiger partial charge in [0.1, 0.15) is 0 Å². The number of piperidine rings is 1. The summed E-state index contributed by atoms with van der Waals surface area (Å²) in [5.74, 6) is 0.757. The van der Waals surface area contributed by atoms with Gasteiger partial charge in [-0.3, -0.25) is 4.79 Å². The van der Waals surface area contributed by atoms with Crippen LogP contribution in [-0.4, -0.2) is 53.2 Å². The maximum Gasteiger partial charge on any atom is 0.273 e. The second-order valence-corrected chi connectivity index (χ2v) is 6.00. The molecule has 0 radical (unpaired) electrons. The summed E-state index contributed by atoms with van der Waals surface area (Å²) in [7, 11) is 3.42. The molecule has 2 atom stereocenters. The van der Waals surface area contributed by atoms with Crippen molar-refractivity contribution in [2.45, 2.75) is 43.8 Å². The van der Waals surface area contributed by atoms with Crippen LogP contribution in [0.5, 0.6) is 0 Å². The van der Waals surface area contributed by atoms with E-state index in [4.69, 9.17) is 5.73 Å². The van der Waals surface area contributed by atoms with Crippen LogP contribution in [0, 0.1) is 0 Å². The first-order valence-corrected chi connectivity index (χ1v) is 7.15. The van der Waals surface area contributed by atoms with Gasteiger partial charge in [-0.2, -0.15) is 0 Å². The number of amides is 1. The van der Waals surface area contributed by atoms with E-state index in [1.165, 1.54) is 17.7 Å². The predicted molar refractivity (Wildman–Crippen MR) is 76.5 cm³/mol. The molecular formula is C14H21N5O. The monoisotopic (exact) mass is 275 g/mol. The van der Waals surface area contributed by atoms with Crippen LogP contribution in [0.25, 0.3) is 0 Å². The topological polar surface area (TPSA) is 75.4 Å². The molecule has 3 heterocycles. The summed E-state index contributed by atoms with van der Waals surface area (Å²) in [4.78, 5) is 15.7. The Bertz CT molecular complexity index is 487. The molecule has 2 aliphatic rings. The van der Waals surface area contributed by atoms with Gasteiger partial charge in [0.2, 0.25) is 0 Å². The summed E-state index contributed by atoms with van der Waals surface area (Å²) in [5, 5.41) is 8.34. The average molecular weight is 275 g/mol. The van der Waals surface area contributed by atoms with Crippen LogP contribution in [0.2, 0.25) is 0 Å². The van der Waals surface area contributed by atoms with Crippen LogP contribution in [0.4, 0.5) is 5.82 Å². The largest absolute Gasteiger partial charge is 0.349 e. The minimum absolute atomic E-state index is 0.118. The van der Waals surface area contributed by atoms with Crippen LogP contribution in [-0.2, 0) is 0 Å². The van der Waals surface area contributed by atoms with E-state index in [1.807, 2.05) is 6.07 Å². The number of carbonyl (C=O) groups excluding carboxylic acids is 1. The Hall–Kier alpha value is -1.69. The van der Waals surface area contributed by atoms with Crippen molar-refractivity contribution in [3.05, 3.63) is 17.8 Å². The molecule has 20 heavy (non-hydrogen) atoms. The Labute approximate surface area is 118 Å². The lowest BCUT2D eigenvalue weighted by Crippen LogP contribution is -2.48. The molecule has 3 rings (SSSR count). The zero-order valence-corrected chi connectivity index (χ0v) is 12.0. The number of anilines is 1. The molecule has 108 valence electrons. The molecule has 1 amide bonds. The Balaban J connectivity index is 1.80. The molecule has 2 fully saturated rings. The first-order valence-electron chi connectivity index (χ1n) is 7.15. The summed E-state index contributed by atoms with van der Waals surface area (Å²) < 4.78 is 0. The fourth-order valence-corrected chi connectivity index (χ4v) is 3.40. The standard InChI is InChI=1S/C14H21N5O/c1-18(2)14(20)12-5-6-13(17-16-12)19-10-3-4-11(19)8-9(15)7-10/h5-6,9-11H,3-4,7-8,15H2,1-2H3. The summed E-state index contributed by atoms with van der Waals surface area (Å²) in [6, 6.07) is 4.94. The van der Waals surface area contributed by atoms with Gasteiger partial charge in [-0.05, 0) is 37.8 Å². The number of fused-ring (bicyclic) bond motifs is 2. The van der Waals surface area contributed by atoms with Gasteiger partial charge in [0.05, 0.1) is 0 Å². The highest BCUT2D eigenvalue weighted by Crippen LogP contribution is 2.37. The van der Waals surface area contributed by atoms with Crippen molar-refractivity contribution in [2.75, 3.05) is 19.0 Å². The van der Waals surface area contributed by atoms with E-state index in [1.54, 1.807) is 20.2 Å². The van der Waals surface area contributed by atoms with Gasteiger partial charge >= 0.3 is 0 Å².